The highest BCUT2D eigenvalue weighted by Gasteiger charge is 2.78. The van der Waals surface area contributed by atoms with Gasteiger partial charge in [0.1, 0.15) is 41.7 Å². The summed E-state index contributed by atoms with van der Waals surface area (Å²) in [6, 6.07) is 13.4. The van der Waals surface area contributed by atoms with E-state index in [0.717, 1.165) is 6.92 Å². The number of aliphatic hydroxyl groups is 3. The normalized spacial score (nSPS) is 30.8. The Labute approximate surface area is 394 Å². The zero-order valence-corrected chi connectivity index (χ0v) is 39.7. The molecule has 0 unspecified atom stereocenters. The van der Waals surface area contributed by atoms with Crippen molar-refractivity contribution in [2.24, 2.45) is 22.5 Å². The van der Waals surface area contributed by atoms with E-state index < -0.39 is 137 Å². The van der Waals surface area contributed by atoms with Crippen LogP contribution in [0, 0.1) is 16.7 Å². The summed E-state index contributed by atoms with van der Waals surface area (Å²) in [4.78, 5) is 96.7. The molecule has 3 aliphatic carbocycles. The number of aliphatic hydroxyl groups excluding tert-OH is 2. The summed E-state index contributed by atoms with van der Waals surface area (Å²) < 4.78 is 35.9. The lowest BCUT2D eigenvalue weighted by Crippen LogP contribution is -2.81. The first kappa shape index (κ1) is 51.7. The first-order valence-corrected chi connectivity index (χ1v) is 22.6. The number of ketones is 1. The molecule has 1 saturated heterocycles. The number of carbonyl (C=O) groups is 7. The number of carbonyl (C=O) groups excluding carboxylic acids is 7. The van der Waals surface area contributed by atoms with Crippen LogP contribution in [0.2, 0.25) is 0 Å². The number of alkyl carbamates (subject to hydrolysis) is 1. The number of esters is 4. The maximum Gasteiger partial charge on any atom is 0.408 e. The lowest BCUT2D eigenvalue weighted by Gasteiger charge is -2.67. The molecule has 0 aromatic heterocycles. The minimum atomic E-state index is -2.45. The van der Waals surface area contributed by atoms with Gasteiger partial charge < -0.3 is 60.1 Å². The fourth-order valence-corrected chi connectivity index (χ4v) is 10.3. The first-order valence-electron chi connectivity index (χ1n) is 22.6. The lowest BCUT2D eigenvalue weighted by molar-refractivity contribution is -0.346. The van der Waals surface area contributed by atoms with Crippen molar-refractivity contribution < 1.29 is 77.3 Å². The van der Waals surface area contributed by atoms with Gasteiger partial charge in [-0.1, -0.05) is 62.4 Å². The Kier molecular flexibility index (Phi) is 14.7. The summed E-state index contributed by atoms with van der Waals surface area (Å²) in [7, 11) is 0. The average Bonchev–Trinajstić information content (AvgIpc) is 3.25. The Morgan fingerprint density at radius 3 is 2.13 bits per heavy atom. The molecule has 1 aliphatic heterocycles. The summed E-state index contributed by atoms with van der Waals surface area (Å²) in [5, 5.41) is 43.2. The molecule has 0 radical (unpaired) electrons. The third-order valence-electron chi connectivity index (χ3n) is 13.8. The highest BCUT2D eigenvalue weighted by molar-refractivity contribution is 5.94. The van der Waals surface area contributed by atoms with E-state index >= 15 is 4.79 Å². The van der Waals surface area contributed by atoms with Crippen molar-refractivity contribution in [3.63, 3.8) is 0 Å². The minimum Gasteiger partial charge on any atom is -0.455 e. The molecule has 6 rings (SSSR count). The highest BCUT2D eigenvalue weighted by atomic mass is 16.6. The number of fused-ring (bicyclic) bond motifs is 5. The maximum absolute atomic E-state index is 15.2. The van der Waals surface area contributed by atoms with Crippen molar-refractivity contribution in [3.8, 4) is 0 Å². The van der Waals surface area contributed by atoms with Crippen molar-refractivity contribution in [1.29, 1.82) is 0 Å². The van der Waals surface area contributed by atoms with Crippen LogP contribution in [0.5, 0.6) is 0 Å². The first-order chi connectivity index (χ1) is 31.7. The predicted octanol–water partition coefficient (Wildman–Crippen LogP) is 2.66. The molecule has 2 aromatic carbocycles. The Balaban J connectivity index is 1.50. The van der Waals surface area contributed by atoms with E-state index in [0.29, 0.717) is 0 Å². The molecule has 19 nitrogen and oxygen atoms in total. The van der Waals surface area contributed by atoms with Gasteiger partial charge in [0.15, 0.2) is 11.4 Å². The number of Topliss-reactive ketones (excluding diaryl/α,β-unsaturated/α-hetero) is 1. The average molecular weight is 950 g/mol. The summed E-state index contributed by atoms with van der Waals surface area (Å²) in [6.07, 6.45) is -12.5. The molecule has 370 valence electrons. The van der Waals surface area contributed by atoms with Crippen LogP contribution >= 0.6 is 0 Å². The Bertz CT molecular complexity index is 2310. The molecule has 12 atom stereocenters. The quantitative estimate of drug-likeness (QED) is 0.0956. The molecule has 0 spiro atoms. The zero-order valence-electron chi connectivity index (χ0n) is 39.7. The molecular formula is C49H63N3O16. The maximum atomic E-state index is 15.2. The van der Waals surface area contributed by atoms with E-state index in [1.165, 1.54) is 46.8 Å². The van der Waals surface area contributed by atoms with Crippen molar-refractivity contribution in [1.82, 2.24) is 10.6 Å². The number of ether oxygens (including phenoxy) is 6. The van der Waals surface area contributed by atoms with Crippen LogP contribution < -0.4 is 16.4 Å². The van der Waals surface area contributed by atoms with Crippen LogP contribution in [0.3, 0.4) is 0 Å². The summed E-state index contributed by atoms with van der Waals surface area (Å²) in [5.74, 6) is -7.16. The lowest BCUT2D eigenvalue weighted by atomic mass is 9.44. The Morgan fingerprint density at radius 1 is 0.956 bits per heavy atom. The second-order valence-electron chi connectivity index (χ2n) is 19.9. The largest absolute Gasteiger partial charge is 0.455 e. The van der Waals surface area contributed by atoms with Gasteiger partial charge in [0.2, 0.25) is 12.0 Å². The van der Waals surface area contributed by atoms with Crippen molar-refractivity contribution >= 4 is 41.7 Å². The number of amides is 2. The second-order valence-corrected chi connectivity index (χ2v) is 19.9. The van der Waals surface area contributed by atoms with Crippen LogP contribution in [0.25, 0.3) is 0 Å². The Morgan fingerprint density at radius 2 is 1.57 bits per heavy atom. The molecular weight excluding hydrogens is 887 g/mol. The molecule has 2 bridgehead atoms. The molecule has 2 aromatic rings. The van der Waals surface area contributed by atoms with Crippen molar-refractivity contribution in [2.75, 3.05) is 13.2 Å². The number of benzene rings is 2. The third-order valence-corrected chi connectivity index (χ3v) is 13.8. The molecule has 7 N–H and O–H groups in total. The number of hydrogen-bond donors (Lipinski definition) is 6. The second kappa shape index (κ2) is 19.3. The van der Waals surface area contributed by atoms with Gasteiger partial charge in [0.25, 0.3) is 0 Å². The van der Waals surface area contributed by atoms with Crippen LogP contribution in [0.15, 0.2) is 71.8 Å². The minimum absolute atomic E-state index is 0.0419. The number of rotatable bonds is 13. The van der Waals surface area contributed by atoms with Gasteiger partial charge in [0, 0.05) is 31.7 Å². The summed E-state index contributed by atoms with van der Waals surface area (Å²) in [6.45, 7) is 12.7. The number of nitrogens with two attached hydrogens (primary N) is 1. The van der Waals surface area contributed by atoms with Crippen molar-refractivity contribution in [3.05, 3.63) is 82.9 Å². The van der Waals surface area contributed by atoms with Gasteiger partial charge in [-0.2, -0.15) is 0 Å². The SMILES string of the molecule is CC(=O)O[C@@]12CO[C@@H]1C[C@H](O)[C@@]1(C)C(=O)[C@H](O)C3=C(C)[C@@H](OC(=O)[C@H](OC(=O)CCNC(=O)[C@H](C)N)[C@@H](NC(=O)OC(C)(C)C)c4ccccc4)C[C@@](O)([C@@H](OC(=O)c4ccccc4)[C@H]21)C3(C)C. The van der Waals surface area contributed by atoms with Gasteiger partial charge in [-0.3, -0.25) is 19.2 Å². The van der Waals surface area contributed by atoms with Gasteiger partial charge in [-0.05, 0) is 70.4 Å². The van der Waals surface area contributed by atoms with Gasteiger partial charge >= 0.3 is 30.0 Å². The van der Waals surface area contributed by atoms with Crippen LogP contribution in [0.4, 0.5) is 4.79 Å². The van der Waals surface area contributed by atoms with Gasteiger partial charge in [-0.25, -0.2) is 14.4 Å². The standard InChI is InChI=1S/C49H63N3O16/c1-25-30(64-43(60)37(65-33(55)20-21-51-41(58)26(2)50)35(28-16-12-10-13-17-28)52-44(61)68-45(4,5)6)23-49(62)40(66-42(59)29-18-14-11-15-19-29)38-47(9,39(57)36(56)34(25)46(49,7)8)31(54)22-32-48(38,24-63-32)67-27(3)53/h10-19,26,30-32,35-38,40,54,56,62H,20-24,50H2,1-9H3,(H,51,58)(H,52,61)/t26-,30-,31-,32+,35-,36+,37+,38-,40-,47+,48-,49+/m0/s1. The monoisotopic (exact) mass is 949 g/mol. The fourth-order valence-electron chi connectivity index (χ4n) is 10.3. The predicted molar refractivity (Wildman–Crippen MR) is 239 cm³/mol. The number of hydrogen-bond acceptors (Lipinski definition) is 17. The molecule has 4 aliphatic rings. The Hall–Kier alpha value is -5.73. The number of nitrogens with one attached hydrogen (secondary N) is 2. The topological polar surface area (TPSA) is 286 Å². The fraction of sp³-hybridized carbons (Fsp3) is 0.571. The van der Waals surface area contributed by atoms with Crippen LogP contribution in [-0.2, 0) is 52.4 Å². The smallest absolute Gasteiger partial charge is 0.408 e. The molecule has 3 fully saturated rings. The van der Waals surface area contributed by atoms with Gasteiger partial charge in [0.05, 0.1) is 42.1 Å². The van der Waals surface area contributed by atoms with E-state index in [9.17, 15) is 44.1 Å². The molecule has 2 saturated carbocycles. The van der Waals surface area contributed by atoms with E-state index in [4.69, 9.17) is 34.2 Å². The summed E-state index contributed by atoms with van der Waals surface area (Å²) >= 11 is 0. The van der Waals surface area contributed by atoms with Crippen LogP contribution in [0.1, 0.15) is 104 Å². The van der Waals surface area contributed by atoms with Crippen molar-refractivity contribution in [2.45, 2.75) is 147 Å². The van der Waals surface area contributed by atoms with Gasteiger partial charge in [-0.15, -0.1) is 0 Å². The van der Waals surface area contributed by atoms with Crippen LogP contribution in [-0.4, -0.2) is 130 Å². The summed E-state index contributed by atoms with van der Waals surface area (Å²) in [5.41, 5.74) is -3.13. The van der Waals surface area contributed by atoms with E-state index in [2.05, 4.69) is 10.6 Å². The molecule has 68 heavy (non-hydrogen) atoms. The van der Waals surface area contributed by atoms with E-state index in [-0.39, 0.29) is 41.8 Å². The zero-order chi connectivity index (χ0) is 50.3. The highest BCUT2D eigenvalue weighted by Crippen LogP contribution is 2.64. The van der Waals surface area contributed by atoms with E-state index in [1.807, 2.05) is 0 Å². The molecule has 1 heterocycles. The molecule has 19 heteroatoms. The third kappa shape index (κ3) is 9.63. The molecule has 2 amide bonds. The van der Waals surface area contributed by atoms with E-state index in [1.54, 1.807) is 69.3 Å².